The second-order valence-electron chi connectivity index (χ2n) is 5.38. The lowest BCUT2D eigenvalue weighted by Gasteiger charge is -2.30. The number of rotatable bonds is 2. The van der Waals surface area contributed by atoms with Crippen LogP contribution in [0.3, 0.4) is 0 Å². The van der Waals surface area contributed by atoms with Gasteiger partial charge in [-0.1, -0.05) is 22.0 Å². The number of halogens is 1. The highest BCUT2D eigenvalue weighted by molar-refractivity contribution is 9.10. The van der Waals surface area contributed by atoms with Gasteiger partial charge in [0.25, 0.3) is 5.91 Å². The third kappa shape index (κ3) is 2.68. The van der Waals surface area contributed by atoms with E-state index in [1.54, 1.807) is 4.90 Å². The summed E-state index contributed by atoms with van der Waals surface area (Å²) < 4.78 is 0.948. The molecule has 1 aromatic heterocycles. The molecule has 0 spiro atoms. The van der Waals surface area contributed by atoms with Crippen molar-refractivity contribution < 1.29 is 9.59 Å². The van der Waals surface area contributed by atoms with Gasteiger partial charge in [-0.25, -0.2) is 0 Å². The molecule has 1 aliphatic rings. The Balaban J connectivity index is 1.86. The molecule has 0 saturated carbocycles. The summed E-state index contributed by atoms with van der Waals surface area (Å²) in [5.41, 5.74) is 6.82. The molecule has 2 amide bonds. The van der Waals surface area contributed by atoms with Gasteiger partial charge in [-0.2, -0.15) is 0 Å². The number of nitrogens with one attached hydrogen (secondary N) is 1. The lowest BCUT2D eigenvalue weighted by Crippen LogP contribution is -2.44. The molecule has 6 heteroatoms. The summed E-state index contributed by atoms with van der Waals surface area (Å²) in [6.07, 6.45) is 1.57. The van der Waals surface area contributed by atoms with Crippen molar-refractivity contribution in [2.24, 2.45) is 11.7 Å². The van der Waals surface area contributed by atoms with E-state index in [1.807, 2.05) is 24.3 Å². The highest BCUT2D eigenvalue weighted by Gasteiger charge is 2.28. The van der Waals surface area contributed by atoms with Gasteiger partial charge in [0.15, 0.2) is 0 Å². The number of benzene rings is 1. The van der Waals surface area contributed by atoms with Crippen molar-refractivity contribution in [2.75, 3.05) is 13.1 Å². The van der Waals surface area contributed by atoms with E-state index in [0.29, 0.717) is 18.8 Å². The molecule has 0 aliphatic carbocycles. The molecule has 1 aromatic carbocycles. The summed E-state index contributed by atoms with van der Waals surface area (Å²) in [5, 5.41) is 0.976. The predicted octanol–water partition coefficient (Wildman–Crippen LogP) is 2.27. The molecule has 1 fully saturated rings. The molecule has 3 rings (SSSR count). The molecule has 110 valence electrons. The van der Waals surface area contributed by atoms with Crippen LogP contribution >= 0.6 is 15.9 Å². The number of hydrogen-bond acceptors (Lipinski definition) is 2. The molecule has 2 heterocycles. The Hall–Kier alpha value is -1.82. The first-order valence-corrected chi connectivity index (χ1v) is 7.71. The lowest BCUT2D eigenvalue weighted by molar-refractivity contribution is -0.123. The van der Waals surface area contributed by atoms with Crippen LogP contribution in [-0.2, 0) is 4.79 Å². The van der Waals surface area contributed by atoms with E-state index in [1.165, 1.54) is 0 Å². The molecule has 21 heavy (non-hydrogen) atoms. The fourth-order valence-electron chi connectivity index (χ4n) is 2.80. The van der Waals surface area contributed by atoms with Crippen molar-refractivity contribution in [3.8, 4) is 0 Å². The molecule has 5 nitrogen and oxygen atoms in total. The van der Waals surface area contributed by atoms with Gasteiger partial charge in [0, 0.05) is 28.5 Å². The van der Waals surface area contributed by atoms with Gasteiger partial charge >= 0.3 is 0 Å². The number of H-pyrrole nitrogens is 1. The standard InChI is InChI=1S/C15H16BrN3O2/c16-11-4-1-5-12-10(11)7-13(18-12)15(21)19-6-2-3-9(8-19)14(17)20/h1,4-5,7,9,18H,2-3,6,8H2,(H2,17,20). The van der Waals surface area contributed by atoms with Gasteiger partial charge < -0.3 is 15.6 Å². The fourth-order valence-corrected chi connectivity index (χ4v) is 3.28. The van der Waals surface area contributed by atoms with Gasteiger partial charge in [0.2, 0.25) is 5.91 Å². The number of primary amides is 1. The second-order valence-corrected chi connectivity index (χ2v) is 6.23. The SMILES string of the molecule is NC(=O)C1CCCN(C(=O)c2cc3c(Br)cccc3[nH]2)C1. The van der Waals surface area contributed by atoms with Crippen molar-refractivity contribution in [3.05, 3.63) is 34.4 Å². The first-order chi connectivity index (χ1) is 10.1. The number of carbonyl (C=O) groups excluding carboxylic acids is 2. The third-order valence-electron chi connectivity index (χ3n) is 3.95. The molecule has 1 saturated heterocycles. The van der Waals surface area contributed by atoms with Gasteiger partial charge in [-0.15, -0.1) is 0 Å². The Labute approximate surface area is 130 Å². The van der Waals surface area contributed by atoms with Crippen molar-refractivity contribution in [3.63, 3.8) is 0 Å². The van der Waals surface area contributed by atoms with E-state index in [0.717, 1.165) is 28.2 Å². The number of aromatic nitrogens is 1. The van der Waals surface area contributed by atoms with Crippen molar-refractivity contribution in [1.29, 1.82) is 0 Å². The van der Waals surface area contributed by atoms with Gasteiger partial charge in [-0.3, -0.25) is 9.59 Å². The van der Waals surface area contributed by atoms with E-state index < -0.39 is 0 Å². The zero-order chi connectivity index (χ0) is 15.0. The Kier molecular flexibility index (Phi) is 3.71. The molecule has 1 unspecified atom stereocenters. The smallest absolute Gasteiger partial charge is 0.270 e. The predicted molar refractivity (Wildman–Crippen MR) is 83.8 cm³/mol. The van der Waals surface area contributed by atoms with Crippen molar-refractivity contribution >= 4 is 38.6 Å². The maximum Gasteiger partial charge on any atom is 0.270 e. The van der Waals surface area contributed by atoms with Crippen LogP contribution in [0.15, 0.2) is 28.7 Å². The number of hydrogen-bond donors (Lipinski definition) is 2. The first-order valence-electron chi connectivity index (χ1n) is 6.92. The third-order valence-corrected chi connectivity index (χ3v) is 4.64. The largest absolute Gasteiger partial charge is 0.369 e. The number of amides is 2. The van der Waals surface area contributed by atoms with Crippen LogP contribution in [0.25, 0.3) is 10.9 Å². The first kappa shape index (κ1) is 14.1. The van der Waals surface area contributed by atoms with Crippen LogP contribution in [0.2, 0.25) is 0 Å². The van der Waals surface area contributed by atoms with Crippen LogP contribution in [0, 0.1) is 5.92 Å². The number of likely N-dealkylation sites (tertiary alicyclic amines) is 1. The number of fused-ring (bicyclic) bond motifs is 1. The Morgan fingerprint density at radius 1 is 1.38 bits per heavy atom. The van der Waals surface area contributed by atoms with Crippen molar-refractivity contribution in [1.82, 2.24) is 9.88 Å². The maximum absolute atomic E-state index is 12.6. The number of nitrogens with zero attached hydrogens (tertiary/aromatic N) is 1. The Morgan fingerprint density at radius 3 is 2.90 bits per heavy atom. The van der Waals surface area contributed by atoms with E-state index in [-0.39, 0.29) is 17.7 Å². The van der Waals surface area contributed by atoms with Crippen molar-refractivity contribution in [2.45, 2.75) is 12.8 Å². The quantitative estimate of drug-likeness (QED) is 0.871. The summed E-state index contributed by atoms with van der Waals surface area (Å²) in [7, 11) is 0. The summed E-state index contributed by atoms with van der Waals surface area (Å²) in [6.45, 7) is 1.07. The van der Waals surface area contributed by atoms with Gasteiger partial charge in [-0.05, 0) is 31.0 Å². The topological polar surface area (TPSA) is 79.2 Å². The zero-order valence-electron chi connectivity index (χ0n) is 11.4. The van der Waals surface area contributed by atoms with Gasteiger partial charge in [0.05, 0.1) is 5.92 Å². The van der Waals surface area contributed by atoms with Crippen LogP contribution in [0.1, 0.15) is 23.3 Å². The maximum atomic E-state index is 12.6. The highest BCUT2D eigenvalue weighted by atomic mass is 79.9. The van der Waals surface area contributed by atoms with E-state index in [4.69, 9.17) is 5.73 Å². The van der Waals surface area contributed by atoms with Crippen LogP contribution < -0.4 is 5.73 Å². The molecule has 1 aliphatic heterocycles. The molecular weight excluding hydrogens is 334 g/mol. The number of piperidine rings is 1. The van der Waals surface area contributed by atoms with Crippen LogP contribution in [0.5, 0.6) is 0 Å². The summed E-state index contributed by atoms with van der Waals surface area (Å²) >= 11 is 3.48. The van der Waals surface area contributed by atoms with E-state index >= 15 is 0 Å². The fraction of sp³-hybridized carbons (Fsp3) is 0.333. The minimum atomic E-state index is -0.327. The number of nitrogens with two attached hydrogens (primary N) is 1. The number of carbonyl (C=O) groups is 2. The minimum Gasteiger partial charge on any atom is -0.369 e. The molecule has 0 radical (unpaired) electrons. The summed E-state index contributed by atoms with van der Waals surface area (Å²) in [4.78, 5) is 28.7. The monoisotopic (exact) mass is 349 g/mol. The Morgan fingerprint density at radius 2 is 2.19 bits per heavy atom. The normalized spacial score (nSPS) is 18.9. The molecule has 0 bridgehead atoms. The highest BCUT2D eigenvalue weighted by Crippen LogP contribution is 2.26. The average molecular weight is 350 g/mol. The zero-order valence-corrected chi connectivity index (χ0v) is 13.0. The Bertz CT molecular complexity index is 710. The molecule has 1 atom stereocenters. The van der Waals surface area contributed by atoms with Gasteiger partial charge in [0.1, 0.15) is 5.69 Å². The van der Waals surface area contributed by atoms with E-state index in [2.05, 4.69) is 20.9 Å². The number of aromatic amines is 1. The van der Waals surface area contributed by atoms with Crippen LogP contribution in [-0.4, -0.2) is 34.8 Å². The summed E-state index contributed by atoms with van der Waals surface area (Å²) in [5.74, 6) is -0.644. The molecular formula is C15H16BrN3O2. The molecule has 2 aromatic rings. The summed E-state index contributed by atoms with van der Waals surface area (Å²) in [6, 6.07) is 7.63. The minimum absolute atomic E-state index is 0.0796. The second kappa shape index (κ2) is 5.52. The molecule has 3 N–H and O–H groups in total. The lowest BCUT2D eigenvalue weighted by atomic mass is 9.97. The van der Waals surface area contributed by atoms with Crippen LogP contribution in [0.4, 0.5) is 0 Å². The van der Waals surface area contributed by atoms with E-state index in [9.17, 15) is 9.59 Å². The average Bonchev–Trinajstić information content (AvgIpc) is 2.92.